The zero-order chi connectivity index (χ0) is 22.6. The largest absolute Gasteiger partial charge is 0.405 e. The zero-order valence-electron chi connectivity index (χ0n) is 16.7. The van der Waals surface area contributed by atoms with Gasteiger partial charge in [0.15, 0.2) is 0 Å². The van der Waals surface area contributed by atoms with E-state index in [1.54, 1.807) is 0 Å². The van der Waals surface area contributed by atoms with Gasteiger partial charge in [0, 0.05) is 18.7 Å². The van der Waals surface area contributed by atoms with Crippen LogP contribution in [0.3, 0.4) is 0 Å². The Kier molecular flexibility index (Phi) is 6.87. The molecular formula is C20H24F3N5O3. The second-order valence-corrected chi connectivity index (χ2v) is 8.00. The van der Waals surface area contributed by atoms with Gasteiger partial charge < -0.3 is 20.5 Å². The molecule has 8 nitrogen and oxygen atoms in total. The van der Waals surface area contributed by atoms with E-state index in [1.807, 2.05) is 6.07 Å². The number of nitrogens with zero attached hydrogens (tertiary/aromatic N) is 2. The first-order valence-corrected chi connectivity index (χ1v) is 10.2. The number of aromatic nitrogens is 1. The molecule has 3 N–H and O–H groups in total. The maximum absolute atomic E-state index is 13.0. The molecule has 168 valence electrons. The number of rotatable bonds is 9. The number of hydrogen-bond donors (Lipinski definition) is 3. The van der Waals surface area contributed by atoms with Gasteiger partial charge in [0.1, 0.15) is 24.3 Å². The lowest BCUT2D eigenvalue weighted by Gasteiger charge is -2.22. The predicted octanol–water partition coefficient (Wildman–Crippen LogP) is 1.70. The Morgan fingerprint density at radius 3 is 2.61 bits per heavy atom. The highest BCUT2D eigenvalue weighted by Gasteiger charge is 2.34. The van der Waals surface area contributed by atoms with Crippen LogP contribution in [0.25, 0.3) is 0 Å². The lowest BCUT2D eigenvalue weighted by atomic mass is 9.98. The molecule has 2 heterocycles. The molecule has 0 aromatic carbocycles. The molecule has 1 aliphatic heterocycles. The van der Waals surface area contributed by atoms with Gasteiger partial charge in [-0.2, -0.15) is 18.4 Å². The molecule has 2 aliphatic rings. The molecule has 1 aromatic heterocycles. The molecule has 11 heteroatoms. The molecule has 0 unspecified atom stereocenters. The number of carbonyl (C=O) groups excluding carboxylic acids is 2. The first kappa shape index (κ1) is 22.7. The Balaban J connectivity index is 1.76. The van der Waals surface area contributed by atoms with Gasteiger partial charge in [0.25, 0.3) is 5.56 Å². The summed E-state index contributed by atoms with van der Waals surface area (Å²) in [5.74, 6) is -0.865. The van der Waals surface area contributed by atoms with Crippen LogP contribution in [0, 0.1) is 23.2 Å². The molecule has 2 fully saturated rings. The highest BCUT2D eigenvalue weighted by atomic mass is 19.4. The topological polar surface area (TPSA) is 116 Å². The van der Waals surface area contributed by atoms with Crippen molar-refractivity contribution in [2.45, 2.75) is 50.4 Å². The Morgan fingerprint density at radius 2 is 2.03 bits per heavy atom. The third-order valence-electron chi connectivity index (χ3n) is 5.50. The predicted molar refractivity (Wildman–Crippen MR) is 105 cm³/mol. The van der Waals surface area contributed by atoms with E-state index in [0.29, 0.717) is 19.4 Å². The highest BCUT2D eigenvalue weighted by molar-refractivity contribution is 5.82. The number of nitrogens with one attached hydrogen (secondary N) is 3. The van der Waals surface area contributed by atoms with Crippen molar-refractivity contribution in [3.8, 4) is 6.07 Å². The third kappa shape index (κ3) is 6.23. The molecule has 0 radical (unpaired) electrons. The van der Waals surface area contributed by atoms with Crippen LogP contribution < -0.4 is 21.5 Å². The van der Waals surface area contributed by atoms with E-state index in [9.17, 15) is 32.8 Å². The summed E-state index contributed by atoms with van der Waals surface area (Å²) in [6.07, 6.45) is -0.263. The van der Waals surface area contributed by atoms with Gasteiger partial charge in [0.2, 0.25) is 11.8 Å². The van der Waals surface area contributed by atoms with Gasteiger partial charge >= 0.3 is 6.18 Å². The fraction of sp³-hybridized carbons (Fsp3) is 0.600. The van der Waals surface area contributed by atoms with Crippen LogP contribution in [0.2, 0.25) is 0 Å². The highest BCUT2D eigenvalue weighted by Crippen LogP contribution is 2.36. The molecular weight excluding hydrogens is 415 g/mol. The van der Waals surface area contributed by atoms with Crippen molar-refractivity contribution in [1.29, 1.82) is 5.26 Å². The fourth-order valence-electron chi connectivity index (χ4n) is 3.67. The van der Waals surface area contributed by atoms with E-state index < -0.39 is 36.3 Å². The number of alkyl halides is 3. The summed E-state index contributed by atoms with van der Waals surface area (Å²) in [6, 6.07) is 2.74. The number of halogens is 3. The molecule has 1 saturated carbocycles. The normalized spacial score (nSPS) is 20.5. The van der Waals surface area contributed by atoms with E-state index in [4.69, 9.17) is 0 Å². The van der Waals surface area contributed by atoms with Gasteiger partial charge in [-0.1, -0.05) is 12.8 Å². The Bertz CT molecular complexity index is 920. The number of anilines is 1. The summed E-state index contributed by atoms with van der Waals surface area (Å²) in [5, 5.41) is 16.8. The lowest BCUT2D eigenvalue weighted by molar-refractivity contribution is -0.126. The van der Waals surface area contributed by atoms with Crippen molar-refractivity contribution >= 4 is 17.5 Å². The Labute approximate surface area is 176 Å². The molecule has 3 rings (SSSR count). The number of hydrogen-bond acceptors (Lipinski definition) is 5. The SMILES string of the molecule is N#C[C@H](C[C@@H]1CCNC1=O)NC(=O)[C@@H](CC1CC1)n1cccc(NCC(F)(F)F)c1=O. The quantitative estimate of drug-likeness (QED) is 0.542. The van der Waals surface area contributed by atoms with Crippen LogP contribution in [0.4, 0.5) is 18.9 Å². The van der Waals surface area contributed by atoms with E-state index in [-0.39, 0.29) is 29.9 Å². The molecule has 1 aromatic rings. The summed E-state index contributed by atoms with van der Waals surface area (Å²) in [6.45, 7) is -0.848. The molecule has 0 bridgehead atoms. The molecule has 1 aliphatic carbocycles. The number of pyridine rings is 1. The smallest absolute Gasteiger partial charge is 0.372 e. The zero-order valence-corrected chi connectivity index (χ0v) is 16.7. The van der Waals surface area contributed by atoms with Gasteiger partial charge in [-0.05, 0) is 37.3 Å². The number of carbonyl (C=O) groups is 2. The van der Waals surface area contributed by atoms with Crippen molar-refractivity contribution in [3.63, 3.8) is 0 Å². The van der Waals surface area contributed by atoms with Gasteiger partial charge in [-0.15, -0.1) is 0 Å². The average molecular weight is 439 g/mol. The van der Waals surface area contributed by atoms with E-state index in [1.165, 1.54) is 18.3 Å². The number of amides is 2. The second-order valence-electron chi connectivity index (χ2n) is 8.00. The summed E-state index contributed by atoms with van der Waals surface area (Å²) in [5.41, 5.74) is -0.996. The minimum absolute atomic E-state index is 0.159. The summed E-state index contributed by atoms with van der Waals surface area (Å²) in [7, 11) is 0. The van der Waals surface area contributed by atoms with Crippen molar-refractivity contribution in [3.05, 3.63) is 28.7 Å². The van der Waals surface area contributed by atoms with E-state index in [2.05, 4.69) is 16.0 Å². The van der Waals surface area contributed by atoms with Crippen LogP contribution >= 0.6 is 0 Å². The van der Waals surface area contributed by atoms with Crippen LogP contribution in [0.1, 0.15) is 38.1 Å². The molecule has 1 saturated heterocycles. The summed E-state index contributed by atoms with van der Waals surface area (Å²) >= 11 is 0. The monoisotopic (exact) mass is 439 g/mol. The Hall–Kier alpha value is -3.03. The van der Waals surface area contributed by atoms with Crippen molar-refractivity contribution in [1.82, 2.24) is 15.2 Å². The standard InChI is InChI=1S/C20H24F3N5O3/c21-20(22,23)11-26-15-2-1-7-28(19(15)31)16(8-12-3-4-12)18(30)27-14(10-24)9-13-5-6-25-17(13)29/h1-2,7,12-14,16,26H,3-6,8-9,11H2,(H,25,29)(H,27,30)/t13-,14-,16+/m0/s1. The molecule has 2 amide bonds. The second kappa shape index (κ2) is 9.41. The fourth-order valence-corrected chi connectivity index (χ4v) is 3.67. The van der Waals surface area contributed by atoms with E-state index >= 15 is 0 Å². The molecule has 31 heavy (non-hydrogen) atoms. The summed E-state index contributed by atoms with van der Waals surface area (Å²) in [4.78, 5) is 37.5. The van der Waals surface area contributed by atoms with Crippen LogP contribution in [-0.4, -0.2) is 41.7 Å². The van der Waals surface area contributed by atoms with Gasteiger partial charge in [-0.25, -0.2) is 0 Å². The molecule has 3 atom stereocenters. The lowest BCUT2D eigenvalue weighted by Crippen LogP contribution is -2.43. The van der Waals surface area contributed by atoms with Crippen LogP contribution in [0.15, 0.2) is 23.1 Å². The van der Waals surface area contributed by atoms with Crippen LogP contribution in [-0.2, 0) is 9.59 Å². The maximum Gasteiger partial charge on any atom is 0.405 e. The van der Waals surface area contributed by atoms with Crippen molar-refractivity contribution in [2.75, 3.05) is 18.4 Å². The number of nitriles is 1. The van der Waals surface area contributed by atoms with Crippen molar-refractivity contribution < 1.29 is 22.8 Å². The van der Waals surface area contributed by atoms with Gasteiger partial charge in [0.05, 0.1) is 6.07 Å². The average Bonchev–Trinajstić information content (AvgIpc) is 3.45. The van der Waals surface area contributed by atoms with Crippen molar-refractivity contribution in [2.24, 2.45) is 11.8 Å². The maximum atomic E-state index is 13.0. The van der Waals surface area contributed by atoms with E-state index in [0.717, 1.165) is 17.4 Å². The first-order chi connectivity index (χ1) is 14.7. The minimum atomic E-state index is -4.50. The third-order valence-corrected chi connectivity index (χ3v) is 5.50. The van der Waals surface area contributed by atoms with Gasteiger partial charge in [-0.3, -0.25) is 14.4 Å². The Morgan fingerprint density at radius 1 is 1.29 bits per heavy atom. The molecule has 0 spiro atoms. The van der Waals surface area contributed by atoms with Crippen LogP contribution in [0.5, 0.6) is 0 Å². The first-order valence-electron chi connectivity index (χ1n) is 10.2. The summed E-state index contributed by atoms with van der Waals surface area (Å²) < 4.78 is 38.7. The minimum Gasteiger partial charge on any atom is -0.372 e.